The van der Waals surface area contributed by atoms with Crippen LogP contribution in [0.2, 0.25) is 10.3 Å². The summed E-state index contributed by atoms with van der Waals surface area (Å²) in [6.07, 6.45) is 0. The van der Waals surface area contributed by atoms with Gasteiger partial charge in [0.15, 0.2) is 0 Å². The highest BCUT2D eigenvalue weighted by molar-refractivity contribution is 6.33. The van der Waals surface area contributed by atoms with Crippen LogP contribution in [0.4, 0.5) is 10.5 Å². The molecule has 0 unspecified atom stereocenters. The van der Waals surface area contributed by atoms with Gasteiger partial charge in [-0.15, -0.1) is 0 Å². The summed E-state index contributed by atoms with van der Waals surface area (Å²) in [7, 11) is 0. The van der Waals surface area contributed by atoms with Crippen molar-refractivity contribution in [1.82, 2.24) is 15.2 Å². The zero-order chi connectivity index (χ0) is 23.9. The van der Waals surface area contributed by atoms with Gasteiger partial charge in [-0.3, -0.25) is 9.69 Å². The number of hydrogen-bond acceptors (Lipinski definition) is 5. The summed E-state index contributed by atoms with van der Waals surface area (Å²) < 4.78 is 0. The normalized spacial score (nSPS) is 21.6. The fraction of sp³-hybridized carbons (Fsp3) is 0.231. The first-order valence-electron chi connectivity index (χ1n) is 10.7. The Morgan fingerprint density at radius 1 is 1.06 bits per heavy atom. The third-order valence-corrected chi connectivity index (χ3v) is 6.71. The van der Waals surface area contributed by atoms with E-state index in [2.05, 4.69) is 21.3 Å². The van der Waals surface area contributed by atoms with E-state index in [9.17, 15) is 14.9 Å². The summed E-state index contributed by atoms with van der Waals surface area (Å²) in [5, 5.41) is 12.3. The molecule has 2 fully saturated rings. The largest absolute Gasteiger partial charge is 0.329 e. The lowest BCUT2D eigenvalue weighted by molar-refractivity contribution is -0.122. The Bertz CT molecular complexity index is 1290. The van der Waals surface area contributed by atoms with Crippen LogP contribution in [-0.4, -0.2) is 40.5 Å². The first kappa shape index (κ1) is 24.7. The minimum absolute atomic E-state index is 0. The zero-order valence-electron chi connectivity index (χ0n) is 17.9. The van der Waals surface area contributed by atoms with E-state index in [-0.39, 0.29) is 35.2 Å². The summed E-state index contributed by atoms with van der Waals surface area (Å²) in [6, 6.07) is 21.6. The Labute approximate surface area is 213 Å². The van der Waals surface area contributed by atoms with Crippen molar-refractivity contribution in [1.29, 1.82) is 5.26 Å². The molecule has 1 aromatic heterocycles. The maximum absolute atomic E-state index is 13.9. The lowest BCUT2D eigenvalue weighted by Gasteiger charge is -2.28. The molecule has 2 aliphatic heterocycles. The van der Waals surface area contributed by atoms with Gasteiger partial charge in [0.1, 0.15) is 15.8 Å². The number of rotatable bonds is 4. The molecule has 3 amide bonds. The minimum Gasteiger partial charge on any atom is -0.321 e. The molecule has 1 N–H and O–H groups in total. The van der Waals surface area contributed by atoms with Crippen LogP contribution >= 0.6 is 23.2 Å². The molecule has 3 aromatic rings. The highest BCUT2D eigenvalue weighted by Crippen LogP contribution is 2.42. The Kier molecular flexibility index (Phi) is 6.82. The average Bonchev–Trinajstić information content (AvgIpc) is 3.29. The molecule has 2 aromatic carbocycles. The van der Waals surface area contributed by atoms with Gasteiger partial charge in [-0.1, -0.05) is 73.1 Å². The van der Waals surface area contributed by atoms with E-state index in [1.807, 2.05) is 42.5 Å². The topological polar surface area (TPSA) is 89.3 Å². The number of carbonyl (C=O) groups excluding carboxylic acids is 2. The maximum atomic E-state index is 13.9. The predicted molar refractivity (Wildman–Crippen MR) is 135 cm³/mol. The minimum atomic E-state index is -1.18. The standard InChI is InChI=1S/C25H19Cl2N5O2.CH4/c26-21-10-19(11-22(27)29-21)32-23(33)25(30-24(32)34)15-31(13-17-4-2-1-3-5-17)14-20(25)18-8-6-16(12-28)7-9-18;/h1-11,20H,13-15H2,(H,30,34);1H4/t20-,25+;/m0./s1. The molecular formula is C26H23Cl2N5O2. The molecule has 0 radical (unpaired) electrons. The molecule has 9 heteroatoms. The molecule has 2 aliphatic rings. The van der Waals surface area contributed by atoms with E-state index >= 15 is 0 Å². The molecule has 0 aliphatic carbocycles. The lowest BCUT2D eigenvalue weighted by atomic mass is 9.81. The van der Waals surface area contributed by atoms with Crippen LogP contribution in [0.3, 0.4) is 0 Å². The van der Waals surface area contributed by atoms with Crippen molar-refractivity contribution in [2.75, 3.05) is 18.0 Å². The van der Waals surface area contributed by atoms with Crippen molar-refractivity contribution in [3.05, 3.63) is 93.7 Å². The Morgan fingerprint density at radius 3 is 2.34 bits per heavy atom. The van der Waals surface area contributed by atoms with Gasteiger partial charge in [-0.05, 0) is 35.4 Å². The molecule has 0 bridgehead atoms. The number of anilines is 1. The highest BCUT2D eigenvalue weighted by atomic mass is 35.5. The van der Waals surface area contributed by atoms with Crippen molar-refractivity contribution in [3.63, 3.8) is 0 Å². The Balaban J connectivity index is 0.00000289. The third-order valence-electron chi connectivity index (χ3n) is 6.32. The first-order valence-corrected chi connectivity index (χ1v) is 11.4. The molecule has 5 rings (SSSR count). The fourth-order valence-electron chi connectivity index (χ4n) is 4.83. The average molecular weight is 508 g/mol. The van der Waals surface area contributed by atoms with E-state index in [1.54, 1.807) is 12.1 Å². The number of urea groups is 1. The number of nitriles is 1. The number of halogens is 2. The molecule has 3 heterocycles. The van der Waals surface area contributed by atoms with E-state index in [1.165, 1.54) is 12.1 Å². The molecule has 1 spiro atoms. The number of amides is 3. The maximum Gasteiger partial charge on any atom is 0.329 e. The zero-order valence-corrected chi connectivity index (χ0v) is 19.4. The highest BCUT2D eigenvalue weighted by Gasteiger charge is 2.60. The van der Waals surface area contributed by atoms with E-state index in [4.69, 9.17) is 23.2 Å². The van der Waals surface area contributed by atoms with Crippen LogP contribution < -0.4 is 10.2 Å². The van der Waals surface area contributed by atoms with E-state index in [0.29, 0.717) is 25.2 Å². The number of carbonyl (C=O) groups is 2. The number of nitrogens with zero attached hydrogens (tertiary/aromatic N) is 4. The lowest BCUT2D eigenvalue weighted by Crippen LogP contribution is -2.53. The van der Waals surface area contributed by atoms with Crippen LogP contribution in [0.25, 0.3) is 0 Å². The van der Waals surface area contributed by atoms with Crippen molar-refractivity contribution in [2.24, 2.45) is 0 Å². The van der Waals surface area contributed by atoms with Crippen molar-refractivity contribution < 1.29 is 9.59 Å². The van der Waals surface area contributed by atoms with Crippen molar-refractivity contribution in [2.45, 2.75) is 25.4 Å². The Hall–Kier alpha value is -3.44. The number of hydrogen-bond donors (Lipinski definition) is 1. The number of nitrogens with one attached hydrogen (secondary N) is 1. The summed E-state index contributed by atoms with van der Waals surface area (Å²) in [5.41, 5.74) is 1.60. The summed E-state index contributed by atoms with van der Waals surface area (Å²) >= 11 is 12.1. The van der Waals surface area contributed by atoms with Gasteiger partial charge in [-0.2, -0.15) is 5.26 Å². The Morgan fingerprint density at radius 2 is 1.71 bits per heavy atom. The van der Waals surface area contributed by atoms with Crippen LogP contribution in [0.5, 0.6) is 0 Å². The van der Waals surface area contributed by atoms with E-state index < -0.39 is 11.6 Å². The summed E-state index contributed by atoms with van der Waals surface area (Å²) in [4.78, 5) is 34.2. The molecule has 35 heavy (non-hydrogen) atoms. The van der Waals surface area contributed by atoms with Gasteiger partial charge in [0.2, 0.25) is 0 Å². The van der Waals surface area contributed by atoms with Crippen LogP contribution in [-0.2, 0) is 11.3 Å². The number of imide groups is 1. The van der Waals surface area contributed by atoms with Gasteiger partial charge in [0, 0.05) is 25.6 Å². The molecule has 2 saturated heterocycles. The van der Waals surface area contributed by atoms with Gasteiger partial charge in [0.05, 0.1) is 17.3 Å². The number of pyridine rings is 1. The monoisotopic (exact) mass is 507 g/mol. The first-order chi connectivity index (χ1) is 16.4. The molecule has 2 atom stereocenters. The molecule has 7 nitrogen and oxygen atoms in total. The van der Waals surface area contributed by atoms with Gasteiger partial charge < -0.3 is 5.32 Å². The SMILES string of the molecule is C.N#Cc1ccc([C@@H]2CN(Cc3ccccc3)C[C@@]23NC(=O)N(c2cc(Cl)nc(Cl)c2)C3=O)cc1. The fourth-order valence-corrected chi connectivity index (χ4v) is 5.28. The van der Waals surface area contributed by atoms with Gasteiger partial charge >= 0.3 is 6.03 Å². The van der Waals surface area contributed by atoms with Crippen LogP contribution in [0.1, 0.15) is 30.0 Å². The molecule has 0 saturated carbocycles. The number of aromatic nitrogens is 1. The smallest absolute Gasteiger partial charge is 0.321 e. The quantitative estimate of drug-likeness (QED) is 0.396. The van der Waals surface area contributed by atoms with Crippen LogP contribution in [0, 0.1) is 11.3 Å². The van der Waals surface area contributed by atoms with Crippen molar-refractivity contribution in [3.8, 4) is 6.07 Å². The summed E-state index contributed by atoms with van der Waals surface area (Å²) in [5.74, 6) is -0.695. The predicted octanol–water partition coefficient (Wildman–Crippen LogP) is 4.99. The summed E-state index contributed by atoms with van der Waals surface area (Å²) in [6.45, 7) is 1.52. The third kappa shape index (κ3) is 4.48. The molecular weight excluding hydrogens is 485 g/mol. The molecule has 178 valence electrons. The van der Waals surface area contributed by atoms with Gasteiger partial charge in [-0.25, -0.2) is 14.7 Å². The van der Waals surface area contributed by atoms with Gasteiger partial charge in [0.25, 0.3) is 5.91 Å². The number of benzene rings is 2. The second-order valence-electron chi connectivity index (χ2n) is 8.45. The number of likely N-dealkylation sites (tertiary alicyclic amines) is 1. The van der Waals surface area contributed by atoms with E-state index in [0.717, 1.165) is 16.0 Å². The second-order valence-corrected chi connectivity index (χ2v) is 9.23. The second kappa shape index (κ2) is 9.67. The van der Waals surface area contributed by atoms with Crippen molar-refractivity contribution >= 4 is 40.8 Å². The van der Waals surface area contributed by atoms with Crippen LogP contribution in [0.15, 0.2) is 66.7 Å².